The minimum absolute atomic E-state index is 0.292. The van der Waals surface area contributed by atoms with Crippen molar-refractivity contribution in [2.75, 3.05) is 7.05 Å². The average molecular weight is 289 g/mol. The third-order valence-electron chi connectivity index (χ3n) is 3.19. The minimum Gasteiger partial charge on any atom is -0.480 e. The van der Waals surface area contributed by atoms with E-state index in [1.807, 2.05) is 6.07 Å². The highest BCUT2D eigenvalue weighted by Gasteiger charge is 2.36. The lowest BCUT2D eigenvalue weighted by atomic mass is 10.2. The number of rotatable bonds is 5. The van der Waals surface area contributed by atoms with E-state index in [4.69, 9.17) is 5.11 Å². The number of sulfonamides is 1. The lowest BCUT2D eigenvalue weighted by molar-refractivity contribution is -0.140. The first-order valence-corrected chi connectivity index (χ1v) is 7.96. The third-order valence-corrected chi connectivity index (χ3v) is 6.61. The first-order chi connectivity index (χ1) is 8.35. The number of nitrogens with zero attached hydrogens (tertiary/aromatic N) is 1. The summed E-state index contributed by atoms with van der Waals surface area (Å²) in [4.78, 5) is 10.9. The molecule has 1 fully saturated rings. The third kappa shape index (κ3) is 2.30. The van der Waals surface area contributed by atoms with E-state index >= 15 is 0 Å². The molecule has 18 heavy (non-hydrogen) atoms. The van der Waals surface area contributed by atoms with Crippen molar-refractivity contribution < 1.29 is 18.3 Å². The van der Waals surface area contributed by atoms with Crippen LogP contribution in [0.15, 0.2) is 15.7 Å². The van der Waals surface area contributed by atoms with Crippen molar-refractivity contribution in [3.63, 3.8) is 0 Å². The molecule has 1 atom stereocenters. The highest BCUT2D eigenvalue weighted by Crippen LogP contribution is 2.45. The first-order valence-electron chi connectivity index (χ1n) is 5.64. The van der Waals surface area contributed by atoms with Gasteiger partial charge >= 0.3 is 5.97 Å². The monoisotopic (exact) mass is 289 g/mol. The van der Waals surface area contributed by atoms with E-state index in [1.165, 1.54) is 14.0 Å². The van der Waals surface area contributed by atoms with Gasteiger partial charge in [0.1, 0.15) is 10.3 Å². The van der Waals surface area contributed by atoms with Crippen LogP contribution in [0.2, 0.25) is 0 Å². The molecule has 0 radical (unpaired) electrons. The first kappa shape index (κ1) is 13.5. The smallest absolute Gasteiger partial charge is 0.321 e. The average Bonchev–Trinajstić information content (AvgIpc) is 3.04. The van der Waals surface area contributed by atoms with Crippen LogP contribution >= 0.6 is 11.3 Å². The Kier molecular flexibility index (Phi) is 3.48. The van der Waals surface area contributed by atoms with E-state index in [-0.39, 0.29) is 0 Å². The molecule has 1 saturated carbocycles. The van der Waals surface area contributed by atoms with Crippen molar-refractivity contribution in [3.05, 3.63) is 17.0 Å². The highest BCUT2D eigenvalue weighted by molar-refractivity contribution is 7.91. The van der Waals surface area contributed by atoms with Crippen molar-refractivity contribution in [2.45, 2.75) is 35.9 Å². The standard InChI is InChI=1S/C11H15NO4S2/c1-7(10(13)14)12(2)18(15,16)11-9(5-6-17-11)8-3-4-8/h5-8H,3-4H2,1-2H3,(H,13,14)/t7-/m1/s1. The van der Waals surface area contributed by atoms with E-state index < -0.39 is 22.0 Å². The number of aliphatic carboxylic acids is 1. The van der Waals surface area contributed by atoms with Gasteiger partial charge in [-0.3, -0.25) is 4.79 Å². The fourth-order valence-electron chi connectivity index (χ4n) is 1.71. The van der Waals surface area contributed by atoms with Crippen LogP contribution in [0.5, 0.6) is 0 Å². The predicted octanol–water partition coefficient (Wildman–Crippen LogP) is 1.72. The molecule has 1 heterocycles. The van der Waals surface area contributed by atoms with Gasteiger partial charge in [-0.15, -0.1) is 11.3 Å². The minimum atomic E-state index is -3.70. The van der Waals surface area contributed by atoms with Crippen LogP contribution in [-0.4, -0.2) is 36.9 Å². The fourth-order valence-corrected chi connectivity index (χ4v) is 4.72. The summed E-state index contributed by atoms with van der Waals surface area (Å²) in [6, 6.07) is 0.762. The molecule has 0 saturated heterocycles. The second-order valence-corrected chi connectivity index (χ2v) is 7.58. The van der Waals surface area contributed by atoms with Crippen LogP contribution in [0.3, 0.4) is 0 Å². The Balaban J connectivity index is 2.35. The van der Waals surface area contributed by atoms with E-state index in [9.17, 15) is 13.2 Å². The van der Waals surface area contributed by atoms with Gasteiger partial charge in [0.15, 0.2) is 0 Å². The Morgan fingerprint density at radius 1 is 1.56 bits per heavy atom. The molecule has 0 unspecified atom stereocenters. The molecular formula is C11H15NO4S2. The Morgan fingerprint density at radius 2 is 2.17 bits per heavy atom. The highest BCUT2D eigenvalue weighted by atomic mass is 32.2. The molecule has 7 heteroatoms. The van der Waals surface area contributed by atoms with Gasteiger partial charge in [0, 0.05) is 7.05 Å². The van der Waals surface area contributed by atoms with Gasteiger partial charge in [0.05, 0.1) is 0 Å². The SMILES string of the molecule is C[C@H](C(=O)O)N(C)S(=O)(=O)c1sccc1C1CC1. The predicted molar refractivity (Wildman–Crippen MR) is 68.3 cm³/mol. The van der Waals surface area contributed by atoms with Crippen molar-refractivity contribution in [3.8, 4) is 0 Å². The normalized spacial score (nSPS) is 17.9. The largest absolute Gasteiger partial charge is 0.480 e. The fraction of sp³-hybridized carbons (Fsp3) is 0.545. The maximum absolute atomic E-state index is 12.4. The Bertz CT molecular complexity index is 559. The van der Waals surface area contributed by atoms with E-state index in [2.05, 4.69) is 0 Å². The van der Waals surface area contributed by atoms with Crippen LogP contribution in [0.4, 0.5) is 0 Å². The van der Waals surface area contributed by atoms with Gasteiger partial charge in [0.2, 0.25) is 0 Å². The Morgan fingerprint density at radius 3 is 2.67 bits per heavy atom. The lowest BCUT2D eigenvalue weighted by Gasteiger charge is -2.20. The number of hydrogen-bond donors (Lipinski definition) is 1. The van der Waals surface area contributed by atoms with Gasteiger partial charge in [-0.2, -0.15) is 4.31 Å². The zero-order chi connectivity index (χ0) is 13.5. The summed E-state index contributed by atoms with van der Waals surface area (Å²) >= 11 is 1.16. The topological polar surface area (TPSA) is 74.7 Å². The lowest BCUT2D eigenvalue weighted by Crippen LogP contribution is -2.40. The van der Waals surface area contributed by atoms with Crippen LogP contribution in [0, 0.1) is 0 Å². The molecule has 0 aromatic carbocycles. The van der Waals surface area contributed by atoms with Crippen molar-refractivity contribution in [2.24, 2.45) is 0 Å². The summed E-state index contributed by atoms with van der Waals surface area (Å²) < 4.78 is 25.9. The molecule has 2 rings (SSSR count). The zero-order valence-corrected chi connectivity index (χ0v) is 11.8. The molecule has 0 amide bonds. The van der Waals surface area contributed by atoms with Gasteiger partial charge < -0.3 is 5.11 Å². The zero-order valence-electron chi connectivity index (χ0n) is 10.2. The second-order valence-electron chi connectivity index (χ2n) is 4.47. The van der Waals surface area contributed by atoms with Crippen LogP contribution in [0.1, 0.15) is 31.2 Å². The van der Waals surface area contributed by atoms with E-state index in [0.717, 1.165) is 34.0 Å². The Hall–Kier alpha value is -0.920. The molecule has 1 aliphatic rings. The van der Waals surface area contributed by atoms with Gasteiger partial charge in [-0.05, 0) is 42.7 Å². The molecular weight excluding hydrogens is 274 g/mol. The summed E-state index contributed by atoms with van der Waals surface area (Å²) in [6.45, 7) is 1.37. The van der Waals surface area contributed by atoms with Gasteiger partial charge in [-0.25, -0.2) is 8.42 Å². The van der Waals surface area contributed by atoms with Crippen molar-refractivity contribution >= 4 is 27.3 Å². The number of carboxylic acid groups (broad SMARTS) is 1. The van der Waals surface area contributed by atoms with Crippen LogP contribution in [0.25, 0.3) is 0 Å². The molecule has 0 spiro atoms. The summed E-state index contributed by atoms with van der Waals surface area (Å²) in [6.07, 6.45) is 2.02. The number of likely N-dealkylation sites (N-methyl/N-ethyl adjacent to an activating group) is 1. The maximum atomic E-state index is 12.4. The maximum Gasteiger partial charge on any atom is 0.321 e. The summed E-state index contributed by atoms with van der Waals surface area (Å²) in [5.74, 6) is -0.819. The summed E-state index contributed by atoms with van der Waals surface area (Å²) in [5.41, 5.74) is 0.837. The molecule has 100 valence electrons. The molecule has 1 N–H and O–H groups in total. The van der Waals surface area contributed by atoms with Crippen molar-refractivity contribution in [1.29, 1.82) is 0 Å². The molecule has 0 bridgehead atoms. The molecule has 5 nitrogen and oxygen atoms in total. The molecule has 1 aromatic heterocycles. The molecule has 1 aromatic rings. The number of carbonyl (C=O) groups is 1. The second kappa shape index (κ2) is 4.64. The van der Waals surface area contributed by atoms with Gasteiger partial charge in [0.25, 0.3) is 10.0 Å². The summed E-state index contributed by atoms with van der Waals surface area (Å²) in [7, 11) is -2.39. The van der Waals surface area contributed by atoms with Gasteiger partial charge in [-0.1, -0.05) is 0 Å². The van der Waals surface area contributed by atoms with Crippen molar-refractivity contribution in [1.82, 2.24) is 4.31 Å². The number of carboxylic acids is 1. The summed E-state index contributed by atoms with van der Waals surface area (Å²) in [5, 5.41) is 10.7. The van der Waals surface area contributed by atoms with Crippen LogP contribution < -0.4 is 0 Å². The number of thiophene rings is 1. The molecule has 1 aliphatic carbocycles. The number of hydrogen-bond acceptors (Lipinski definition) is 4. The van der Waals surface area contributed by atoms with Crippen LogP contribution in [-0.2, 0) is 14.8 Å². The quantitative estimate of drug-likeness (QED) is 0.895. The van der Waals surface area contributed by atoms with E-state index in [0.29, 0.717) is 10.1 Å². The molecule has 0 aliphatic heterocycles. The van der Waals surface area contributed by atoms with E-state index in [1.54, 1.807) is 5.38 Å². The Labute approximate surface area is 110 Å².